The number of rotatable bonds is 4. The van der Waals surface area contributed by atoms with Gasteiger partial charge in [0.1, 0.15) is 0 Å². The lowest BCUT2D eigenvalue weighted by atomic mass is 9.91. The first kappa shape index (κ1) is 18.1. The molecule has 0 unspecified atom stereocenters. The van der Waals surface area contributed by atoms with Gasteiger partial charge in [-0.3, -0.25) is 0 Å². The van der Waals surface area contributed by atoms with E-state index in [-0.39, 0.29) is 0 Å². The molecule has 0 aromatic heterocycles. The van der Waals surface area contributed by atoms with Crippen molar-refractivity contribution in [3.8, 4) is 22.3 Å². The zero-order chi connectivity index (χ0) is 20.2. The van der Waals surface area contributed by atoms with E-state index < -0.39 is 0 Å². The lowest BCUT2D eigenvalue weighted by Crippen LogP contribution is -1.92. The molecule has 0 saturated carbocycles. The summed E-state index contributed by atoms with van der Waals surface area (Å²) in [5.41, 5.74) is 9.93. The lowest BCUT2D eigenvalue weighted by Gasteiger charge is -2.13. The van der Waals surface area contributed by atoms with E-state index >= 15 is 0 Å². The van der Waals surface area contributed by atoms with Gasteiger partial charge in [-0.05, 0) is 44.5 Å². The minimum absolute atomic E-state index is 1.23. The van der Waals surface area contributed by atoms with E-state index in [1.54, 1.807) is 0 Å². The van der Waals surface area contributed by atoms with Crippen LogP contribution in [-0.2, 0) is 0 Å². The van der Waals surface area contributed by atoms with Crippen LogP contribution in [0.2, 0.25) is 0 Å². The van der Waals surface area contributed by atoms with Crippen LogP contribution in [0.15, 0.2) is 139 Å². The molecule has 4 aromatic carbocycles. The molecular formula is C30H22. The first-order valence-electron chi connectivity index (χ1n) is 10.3. The van der Waals surface area contributed by atoms with Crippen LogP contribution >= 0.6 is 0 Å². The van der Waals surface area contributed by atoms with Crippen LogP contribution in [-0.4, -0.2) is 0 Å². The lowest BCUT2D eigenvalue weighted by molar-refractivity contribution is 1.51. The van der Waals surface area contributed by atoms with Gasteiger partial charge in [0.2, 0.25) is 0 Å². The van der Waals surface area contributed by atoms with E-state index in [0.29, 0.717) is 0 Å². The summed E-state index contributed by atoms with van der Waals surface area (Å²) in [7, 11) is 0. The molecule has 0 atom stereocenters. The second-order valence-electron chi connectivity index (χ2n) is 7.44. The molecule has 0 radical (unpaired) electrons. The molecule has 142 valence electrons. The Morgan fingerprint density at radius 2 is 0.733 bits per heavy atom. The van der Waals surface area contributed by atoms with Gasteiger partial charge in [0, 0.05) is 0 Å². The Kier molecular flexibility index (Phi) is 4.98. The zero-order valence-corrected chi connectivity index (χ0v) is 16.7. The molecule has 0 spiro atoms. The minimum Gasteiger partial charge on any atom is -0.0622 e. The fraction of sp³-hybridized carbons (Fsp3) is 0. The fourth-order valence-electron chi connectivity index (χ4n) is 3.96. The summed E-state index contributed by atoms with van der Waals surface area (Å²) in [4.78, 5) is 0. The highest BCUT2D eigenvalue weighted by molar-refractivity contribution is 5.87. The topological polar surface area (TPSA) is 0 Å². The molecule has 0 saturated heterocycles. The SMILES string of the molecule is C1=CC(=C(c2ccc(-c3ccccc3)cc2)c2ccc(-c3ccccc3)cc2)C=C1. The predicted molar refractivity (Wildman–Crippen MR) is 128 cm³/mol. The molecule has 0 heterocycles. The maximum atomic E-state index is 2.23. The molecule has 0 fully saturated rings. The standard InChI is InChI=1S/C30H22/c1-3-9-23(10-4-1)25-15-19-28(20-16-25)30(27-13-7-8-14-27)29-21-17-26(18-22-29)24-11-5-2-6-12-24/h1-22H. The van der Waals surface area contributed by atoms with E-state index in [4.69, 9.17) is 0 Å². The predicted octanol–water partition coefficient (Wildman–Crippen LogP) is 7.95. The van der Waals surface area contributed by atoms with Gasteiger partial charge in [0.25, 0.3) is 0 Å². The first-order chi connectivity index (χ1) is 14.9. The van der Waals surface area contributed by atoms with Crippen LogP contribution in [0.25, 0.3) is 27.8 Å². The number of allylic oxidation sites excluding steroid dienone is 5. The average molecular weight is 383 g/mol. The highest BCUT2D eigenvalue weighted by atomic mass is 14.2. The van der Waals surface area contributed by atoms with Gasteiger partial charge in [-0.25, -0.2) is 0 Å². The summed E-state index contributed by atoms with van der Waals surface area (Å²) in [5, 5.41) is 0. The highest BCUT2D eigenvalue weighted by Crippen LogP contribution is 2.33. The largest absolute Gasteiger partial charge is 0.0622 e. The molecule has 30 heavy (non-hydrogen) atoms. The third-order valence-corrected chi connectivity index (χ3v) is 5.51. The molecule has 0 N–H and O–H groups in total. The monoisotopic (exact) mass is 382 g/mol. The molecule has 0 heteroatoms. The second-order valence-corrected chi connectivity index (χ2v) is 7.44. The van der Waals surface area contributed by atoms with Crippen molar-refractivity contribution in [3.05, 3.63) is 150 Å². The summed E-state index contributed by atoms with van der Waals surface area (Å²) in [5.74, 6) is 0. The number of hydrogen-bond donors (Lipinski definition) is 0. The van der Waals surface area contributed by atoms with Crippen LogP contribution < -0.4 is 0 Å². The molecule has 0 nitrogen and oxygen atoms in total. The van der Waals surface area contributed by atoms with E-state index in [1.165, 1.54) is 44.5 Å². The average Bonchev–Trinajstić information content (AvgIpc) is 3.36. The van der Waals surface area contributed by atoms with E-state index in [9.17, 15) is 0 Å². The van der Waals surface area contributed by atoms with Crippen molar-refractivity contribution in [1.82, 2.24) is 0 Å². The Hall–Kier alpha value is -3.90. The minimum atomic E-state index is 1.23. The van der Waals surface area contributed by atoms with Gasteiger partial charge in [-0.2, -0.15) is 0 Å². The summed E-state index contributed by atoms with van der Waals surface area (Å²) >= 11 is 0. The number of hydrogen-bond acceptors (Lipinski definition) is 0. The van der Waals surface area contributed by atoms with Gasteiger partial charge >= 0.3 is 0 Å². The van der Waals surface area contributed by atoms with E-state index in [2.05, 4.69) is 133 Å². The first-order valence-corrected chi connectivity index (χ1v) is 10.3. The smallest absolute Gasteiger partial charge is 0.00389 e. The Bertz CT molecular complexity index is 1120. The van der Waals surface area contributed by atoms with Crippen molar-refractivity contribution in [2.75, 3.05) is 0 Å². The maximum Gasteiger partial charge on any atom is -0.00389 e. The Morgan fingerprint density at radius 3 is 1.13 bits per heavy atom. The summed E-state index contributed by atoms with van der Waals surface area (Å²) < 4.78 is 0. The normalized spacial score (nSPS) is 12.3. The second kappa shape index (κ2) is 8.23. The van der Waals surface area contributed by atoms with E-state index in [1.807, 2.05) is 0 Å². The summed E-state index contributed by atoms with van der Waals surface area (Å²) in [6.45, 7) is 0. The van der Waals surface area contributed by atoms with Gasteiger partial charge in [0.15, 0.2) is 0 Å². The van der Waals surface area contributed by atoms with Crippen LogP contribution in [0.1, 0.15) is 11.1 Å². The van der Waals surface area contributed by atoms with Crippen LogP contribution in [0.4, 0.5) is 0 Å². The number of benzene rings is 4. The maximum absolute atomic E-state index is 2.23. The van der Waals surface area contributed by atoms with Crippen molar-refractivity contribution in [1.29, 1.82) is 0 Å². The Labute approximate surface area is 178 Å². The Morgan fingerprint density at radius 1 is 0.367 bits per heavy atom. The van der Waals surface area contributed by atoms with Crippen LogP contribution in [0, 0.1) is 0 Å². The van der Waals surface area contributed by atoms with Gasteiger partial charge in [-0.1, -0.05) is 133 Å². The quantitative estimate of drug-likeness (QED) is 0.336. The van der Waals surface area contributed by atoms with Crippen molar-refractivity contribution in [2.45, 2.75) is 0 Å². The molecule has 1 aliphatic carbocycles. The molecule has 1 aliphatic rings. The van der Waals surface area contributed by atoms with Crippen LogP contribution in [0.3, 0.4) is 0 Å². The van der Waals surface area contributed by atoms with Crippen LogP contribution in [0.5, 0.6) is 0 Å². The van der Waals surface area contributed by atoms with E-state index in [0.717, 1.165) is 0 Å². The van der Waals surface area contributed by atoms with Crippen molar-refractivity contribution >= 4 is 5.57 Å². The highest BCUT2D eigenvalue weighted by Gasteiger charge is 2.11. The van der Waals surface area contributed by atoms with Gasteiger partial charge < -0.3 is 0 Å². The molecule has 5 rings (SSSR count). The molecule has 0 amide bonds. The Balaban J connectivity index is 1.54. The molecular weight excluding hydrogens is 360 g/mol. The zero-order valence-electron chi connectivity index (χ0n) is 16.7. The summed E-state index contributed by atoms with van der Waals surface area (Å²) in [6, 6.07) is 38.8. The summed E-state index contributed by atoms with van der Waals surface area (Å²) in [6.07, 6.45) is 8.58. The third kappa shape index (κ3) is 3.68. The van der Waals surface area contributed by atoms with Crippen molar-refractivity contribution < 1.29 is 0 Å². The third-order valence-electron chi connectivity index (χ3n) is 5.51. The molecule has 4 aromatic rings. The molecule has 0 bridgehead atoms. The fourth-order valence-corrected chi connectivity index (χ4v) is 3.96. The molecule has 0 aliphatic heterocycles. The van der Waals surface area contributed by atoms with Gasteiger partial charge in [0.05, 0.1) is 0 Å². The van der Waals surface area contributed by atoms with Gasteiger partial charge in [-0.15, -0.1) is 0 Å². The van der Waals surface area contributed by atoms with Crippen molar-refractivity contribution in [2.24, 2.45) is 0 Å². The van der Waals surface area contributed by atoms with Crippen molar-refractivity contribution in [3.63, 3.8) is 0 Å².